The quantitative estimate of drug-likeness (QED) is 0.571. The van der Waals surface area contributed by atoms with Gasteiger partial charge in [-0.15, -0.1) is 0 Å². The third-order valence-electron chi connectivity index (χ3n) is 4.82. The van der Waals surface area contributed by atoms with Gasteiger partial charge in [-0.05, 0) is 38.1 Å². The van der Waals surface area contributed by atoms with Crippen LogP contribution >= 0.6 is 0 Å². The first-order valence-corrected chi connectivity index (χ1v) is 8.56. The Morgan fingerprint density at radius 2 is 1.85 bits per heavy atom. The van der Waals surface area contributed by atoms with Gasteiger partial charge in [0.05, 0.1) is 22.2 Å². The minimum atomic E-state index is -0.338. The fourth-order valence-electron chi connectivity index (χ4n) is 3.55. The molecular weight excluding hydrogens is 330 g/mol. The normalized spacial score (nSPS) is 12.8. The topological polar surface area (TPSA) is 71.8 Å². The summed E-state index contributed by atoms with van der Waals surface area (Å²) in [4.78, 5) is 45.1. The molecule has 1 aliphatic rings. The van der Waals surface area contributed by atoms with Crippen LogP contribution in [0.15, 0.2) is 42.7 Å². The maximum Gasteiger partial charge on any atom is 0.256 e. The van der Waals surface area contributed by atoms with Crippen molar-refractivity contribution in [2.45, 2.75) is 13.8 Å². The Morgan fingerprint density at radius 1 is 1.08 bits per heavy atom. The van der Waals surface area contributed by atoms with Crippen molar-refractivity contribution in [3.8, 4) is 0 Å². The van der Waals surface area contributed by atoms with Gasteiger partial charge in [-0.2, -0.15) is 0 Å². The molecule has 0 aromatic carbocycles. The Bertz CT molecular complexity index is 1080. The first-order valence-electron chi connectivity index (χ1n) is 8.56. The molecular formula is C20H17N3O3. The zero-order valence-corrected chi connectivity index (χ0v) is 14.5. The molecule has 6 heteroatoms. The summed E-state index contributed by atoms with van der Waals surface area (Å²) in [5.74, 6) is -0.912. The van der Waals surface area contributed by atoms with Gasteiger partial charge in [-0.3, -0.25) is 19.4 Å². The number of rotatable bonds is 3. The molecule has 0 spiro atoms. The van der Waals surface area contributed by atoms with E-state index in [0.29, 0.717) is 18.6 Å². The second-order valence-corrected chi connectivity index (χ2v) is 6.09. The molecule has 6 nitrogen and oxygen atoms in total. The molecule has 26 heavy (non-hydrogen) atoms. The highest BCUT2D eigenvalue weighted by atomic mass is 16.2. The maximum atomic E-state index is 13.2. The molecule has 0 saturated heterocycles. The molecule has 0 radical (unpaired) electrons. The van der Waals surface area contributed by atoms with Crippen LogP contribution < -0.4 is 0 Å². The average Bonchev–Trinajstić information content (AvgIpc) is 3.02. The lowest BCUT2D eigenvalue weighted by Crippen LogP contribution is -2.32. The van der Waals surface area contributed by atoms with Crippen molar-refractivity contribution in [1.82, 2.24) is 14.3 Å². The lowest BCUT2D eigenvalue weighted by atomic mass is 9.89. The van der Waals surface area contributed by atoms with E-state index in [4.69, 9.17) is 0 Å². The van der Waals surface area contributed by atoms with Crippen LogP contribution in [0.3, 0.4) is 0 Å². The van der Waals surface area contributed by atoms with E-state index < -0.39 is 0 Å². The Balaban J connectivity index is 2.08. The second-order valence-electron chi connectivity index (χ2n) is 6.09. The lowest BCUT2D eigenvalue weighted by molar-refractivity contribution is 0.0770. The number of hydrogen-bond acceptors (Lipinski definition) is 4. The summed E-state index contributed by atoms with van der Waals surface area (Å²) in [6.45, 7) is 4.82. The highest BCUT2D eigenvalue weighted by Crippen LogP contribution is 2.33. The standard InChI is InChI=1S/C20H17N3O3/c1-3-22(4-2)20(26)14-13-9-5-6-11-23(13)17-15(14)18(24)12-8-7-10-21-16(12)19(17)25/h5-11H,3-4H2,1-2H3. The molecule has 0 unspecified atom stereocenters. The predicted molar refractivity (Wildman–Crippen MR) is 95.8 cm³/mol. The Kier molecular flexibility index (Phi) is 3.68. The van der Waals surface area contributed by atoms with E-state index in [1.54, 1.807) is 45.8 Å². The fraction of sp³-hybridized carbons (Fsp3) is 0.200. The zero-order valence-electron chi connectivity index (χ0n) is 14.5. The van der Waals surface area contributed by atoms with Crippen molar-refractivity contribution in [3.05, 3.63) is 70.8 Å². The van der Waals surface area contributed by atoms with Crippen LogP contribution in [0.2, 0.25) is 0 Å². The number of amides is 1. The van der Waals surface area contributed by atoms with Crippen molar-refractivity contribution in [3.63, 3.8) is 0 Å². The largest absolute Gasteiger partial charge is 0.339 e. The van der Waals surface area contributed by atoms with Crippen LogP contribution in [-0.2, 0) is 0 Å². The number of ketones is 2. The average molecular weight is 347 g/mol. The number of hydrogen-bond donors (Lipinski definition) is 0. The van der Waals surface area contributed by atoms with Crippen molar-refractivity contribution >= 4 is 23.0 Å². The number of pyridine rings is 2. The van der Waals surface area contributed by atoms with Gasteiger partial charge in [0.15, 0.2) is 5.78 Å². The molecule has 1 aliphatic carbocycles. The van der Waals surface area contributed by atoms with E-state index in [2.05, 4.69) is 4.98 Å². The number of aromatic nitrogens is 2. The monoisotopic (exact) mass is 347 g/mol. The summed E-state index contributed by atoms with van der Waals surface area (Å²) in [5, 5.41) is 0. The zero-order chi connectivity index (χ0) is 18.4. The molecule has 3 aromatic heterocycles. The van der Waals surface area contributed by atoms with E-state index in [1.165, 1.54) is 6.20 Å². The van der Waals surface area contributed by atoms with E-state index >= 15 is 0 Å². The molecule has 4 rings (SSSR count). The van der Waals surface area contributed by atoms with Gasteiger partial charge in [0.1, 0.15) is 11.4 Å². The van der Waals surface area contributed by atoms with Gasteiger partial charge >= 0.3 is 0 Å². The maximum absolute atomic E-state index is 13.2. The van der Waals surface area contributed by atoms with Crippen molar-refractivity contribution in [2.24, 2.45) is 0 Å². The van der Waals surface area contributed by atoms with E-state index in [9.17, 15) is 14.4 Å². The van der Waals surface area contributed by atoms with Gasteiger partial charge in [-0.1, -0.05) is 6.07 Å². The molecule has 0 aliphatic heterocycles. The molecule has 0 bridgehead atoms. The Labute approximate surface area is 150 Å². The van der Waals surface area contributed by atoms with Crippen LogP contribution in [0.5, 0.6) is 0 Å². The predicted octanol–water partition coefficient (Wildman–Crippen LogP) is 2.59. The molecule has 130 valence electrons. The fourth-order valence-corrected chi connectivity index (χ4v) is 3.55. The van der Waals surface area contributed by atoms with E-state index in [-0.39, 0.29) is 45.6 Å². The van der Waals surface area contributed by atoms with E-state index in [1.807, 2.05) is 13.8 Å². The third-order valence-corrected chi connectivity index (χ3v) is 4.82. The third kappa shape index (κ3) is 2.05. The van der Waals surface area contributed by atoms with Gasteiger partial charge < -0.3 is 9.30 Å². The summed E-state index contributed by atoms with van der Waals surface area (Å²) in [6, 6.07) is 8.52. The number of carbonyl (C=O) groups is 3. The lowest BCUT2D eigenvalue weighted by Gasteiger charge is -2.20. The van der Waals surface area contributed by atoms with Crippen LogP contribution in [0.4, 0.5) is 0 Å². The van der Waals surface area contributed by atoms with Gasteiger partial charge in [-0.25, -0.2) is 0 Å². The molecule has 0 N–H and O–H groups in total. The van der Waals surface area contributed by atoms with Crippen molar-refractivity contribution in [2.75, 3.05) is 13.1 Å². The first-order chi connectivity index (χ1) is 12.6. The van der Waals surface area contributed by atoms with Gasteiger partial charge in [0.2, 0.25) is 5.78 Å². The highest BCUT2D eigenvalue weighted by Gasteiger charge is 2.39. The number of carbonyl (C=O) groups excluding carboxylic acids is 3. The Morgan fingerprint density at radius 3 is 2.58 bits per heavy atom. The van der Waals surface area contributed by atoms with Crippen LogP contribution in [0.25, 0.3) is 5.52 Å². The molecule has 0 saturated carbocycles. The second kappa shape index (κ2) is 5.91. The number of fused-ring (bicyclic) bond motifs is 4. The number of nitrogens with zero attached hydrogens (tertiary/aromatic N) is 3. The van der Waals surface area contributed by atoms with Crippen molar-refractivity contribution < 1.29 is 14.4 Å². The molecule has 1 amide bonds. The summed E-state index contributed by atoms with van der Waals surface area (Å²) in [6.07, 6.45) is 3.19. The van der Waals surface area contributed by atoms with Gasteiger partial charge in [0, 0.05) is 25.5 Å². The van der Waals surface area contributed by atoms with Crippen LogP contribution in [-0.4, -0.2) is 44.8 Å². The molecule has 0 atom stereocenters. The molecule has 3 heterocycles. The highest BCUT2D eigenvalue weighted by molar-refractivity contribution is 6.31. The smallest absolute Gasteiger partial charge is 0.256 e. The van der Waals surface area contributed by atoms with Gasteiger partial charge in [0.25, 0.3) is 5.91 Å². The summed E-state index contributed by atoms with van der Waals surface area (Å²) < 4.78 is 1.63. The first kappa shape index (κ1) is 16.2. The SMILES string of the molecule is CCN(CC)C(=O)c1c2c(n3ccccc13)C(=O)c1ncccc1C2=O. The van der Waals surface area contributed by atoms with Crippen LogP contribution in [0.1, 0.15) is 56.3 Å². The summed E-state index contributed by atoms with van der Waals surface area (Å²) >= 11 is 0. The minimum Gasteiger partial charge on any atom is -0.339 e. The summed E-state index contributed by atoms with van der Waals surface area (Å²) in [7, 11) is 0. The van der Waals surface area contributed by atoms with E-state index in [0.717, 1.165) is 0 Å². The van der Waals surface area contributed by atoms with Crippen molar-refractivity contribution in [1.29, 1.82) is 0 Å². The summed E-state index contributed by atoms with van der Waals surface area (Å²) in [5.41, 5.74) is 1.62. The minimum absolute atomic E-state index is 0.134. The van der Waals surface area contributed by atoms with Crippen LogP contribution in [0, 0.1) is 0 Å². The molecule has 0 fully saturated rings. The Hall–Kier alpha value is -3.28. The molecule has 3 aromatic rings.